The minimum atomic E-state index is -0.0944. The van der Waals surface area contributed by atoms with E-state index in [1.807, 2.05) is 16.9 Å². The molecular weight excluding hydrogens is 384 g/mol. The highest BCUT2D eigenvalue weighted by Crippen LogP contribution is 2.27. The Balaban J connectivity index is 2.27. The third kappa shape index (κ3) is 3.30. The summed E-state index contributed by atoms with van der Waals surface area (Å²) in [7, 11) is 0. The highest BCUT2D eigenvalue weighted by atomic mass is 79.9. The molecule has 20 heavy (non-hydrogen) atoms. The van der Waals surface area contributed by atoms with Crippen molar-refractivity contribution < 1.29 is 0 Å². The molecule has 0 radical (unpaired) electrons. The lowest BCUT2D eigenvalue weighted by molar-refractivity contribution is 0.584. The van der Waals surface area contributed by atoms with Crippen molar-refractivity contribution >= 4 is 31.9 Å². The zero-order valence-corrected chi connectivity index (χ0v) is 14.8. The van der Waals surface area contributed by atoms with Crippen molar-refractivity contribution in [3.8, 4) is 0 Å². The molecule has 2 aromatic heterocycles. The number of aromatic nitrogens is 3. The fraction of sp³-hybridized carbons (Fsp3) is 0.429. The largest absolute Gasteiger partial charge is 0.324 e. The molecule has 108 valence electrons. The van der Waals surface area contributed by atoms with Crippen LogP contribution in [0, 0.1) is 0 Å². The lowest BCUT2D eigenvalue weighted by Crippen LogP contribution is -2.16. The van der Waals surface area contributed by atoms with E-state index in [1.165, 1.54) is 0 Å². The molecule has 0 saturated carbocycles. The first kappa shape index (κ1) is 15.7. The molecule has 2 N–H and O–H groups in total. The number of hydrogen-bond acceptors (Lipinski definition) is 3. The predicted octanol–water partition coefficient (Wildman–Crippen LogP) is 3.63. The van der Waals surface area contributed by atoms with Crippen LogP contribution in [-0.4, -0.2) is 14.8 Å². The zero-order valence-electron chi connectivity index (χ0n) is 11.6. The van der Waals surface area contributed by atoms with Crippen molar-refractivity contribution in [3.05, 3.63) is 44.4 Å². The molecule has 0 aromatic carbocycles. The van der Waals surface area contributed by atoms with Crippen molar-refractivity contribution in [1.82, 2.24) is 14.8 Å². The summed E-state index contributed by atoms with van der Waals surface area (Å²) in [6, 6.07) is 1.92. The van der Waals surface area contributed by atoms with Crippen molar-refractivity contribution in [2.24, 2.45) is 5.73 Å². The van der Waals surface area contributed by atoms with Crippen LogP contribution in [0.5, 0.6) is 0 Å². The van der Waals surface area contributed by atoms with Crippen LogP contribution in [0.25, 0.3) is 0 Å². The van der Waals surface area contributed by atoms with Crippen molar-refractivity contribution in [2.75, 3.05) is 0 Å². The molecule has 0 aliphatic heterocycles. The first-order chi connectivity index (χ1) is 9.56. The first-order valence-corrected chi connectivity index (χ1v) is 8.25. The lowest BCUT2D eigenvalue weighted by atomic mass is 10.0. The van der Waals surface area contributed by atoms with E-state index in [4.69, 9.17) is 5.73 Å². The molecule has 0 aliphatic rings. The Hall–Kier alpha value is -0.720. The van der Waals surface area contributed by atoms with Gasteiger partial charge < -0.3 is 5.73 Å². The van der Waals surface area contributed by atoms with Gasteiger partial charge in [-0.1, -0.05) is 6.92 Å². The summed E-state index contributed by atoms with van der Waals surface area (Å²) in [5.41, 5.74) is 9.57. The number of nitrogens with two attached hydrogens (primary N) is 1. The number of aryl methyl sites for hydroxylation is 2. The van der Waals surface area contributed by atoms with Crippen LogP contribution >= 0.6 is 31.9 Å². The number of hydrogen-bond donors (Lipinski definition) is 1. The second-order valence-corrected chi connectivity index (χ2v) is 6.33. The van der Waals surface area contributed by atoms with E-state index < -0.39 is 0 Å². The molecule has 0 bridgehead atoms. The zero-order chi connectivity index (χ0) is 14.7. The van der Waals surface area contributed by atoms with E-state index in [9.17, 15) is 0 Å². The molecule has 0 fully saturated rings. The van der Waals surface area contributed by atoms with Gasteiger partial charge in [0.25, 0.3) is 0 Å². The summed E-state index contributed by atoms with van der Waals surface area (Å²) < 4.78 is 4.05. The summed E-state index contributed by atoms with van der Waals surface area (Å²) >= 11 is 7.08. The Kier molecular flexibility index (Phi) is 5.35. The molecule has 0 spiro atoms. The van der Waals surface area contributed by atoms with E-state index in [-0.39, 0.29) is 6.04 Å². The van der Waals surface area contributed by atoms with Gasteiger partial charge >= 0.3 is 0 Å². The fourth-order valence-electron chi connectivity index (χ4n) is 2.17. The summed E-state index contributed by atoms with van der Waals surface area (Å²) in [6.07, 6.45) is 5.22. The lowest BCUT2D eigenvalue weighted by Gasteiger charge is -2.13. The molecular formula is C14H18Br2N4. The van der Waals surface area contributed by atoms with Crippen LogP contribution in [0.3, 0.4) is 0 Å². The maximum atomic E-state index is 6.32. The highest BCUT2D eigenvalue weighted by molar-refractivity contribution is 9.10. The van der Waals surface area contributed by atoms with E-state index in [1.54, 1.807) is 6.20 Å². The predicted molar refractivity (Wildman–Crippen MR) is 87.5 cm³/mol. The normalized spacial score (nSPS) is 12.7. The average molecular weight is 402 g/mol. The molecule has 2 heterocycles. The summed E-state index contributed by atoms with van der Waals surface area (Å²) in [6.45, 7) is 5.04. The van der Waals surface area contributed by atoms with Gasteiger partial charge in [0.1, 0.15) is 0 Å². The van der Waals surface area contributed by atoms with Gasteiger partial charge in [-0.05, 0) is 56.8 Å². The monoisotopic (exact) mass is 400 g/mol. The fourth-order valence-corrected chi connectivity index (χ4v) is 3.28. The standard InChI is InChI=1S/C14H18Br2N4/c1-3-12-14(16)13(20(4-2)19-12)6-11(17)9-5-10(15)8-18-7-9/h5,7-8,11H,3-4,6,17H2,1-2H3. The number of pyridine rings is 1. The molecule has 0 saturated heterocycles. The second kappa shape index (κ2) is 6.83. The molecule has 0 amide bonds. The van der Waals surface area contributed by atoms with Crippen LogP contribution in [-0.2, 0) is 19.4 Å². The van der Waals surface area contributed by atoms with Gasteiger partial charge in [0, 0.05) is 35.9 Å². The van der Waals surface area contributed by atoms with Gasteiger partial charge in [-0.3, -0.25) is 9.67 Å². The SMILES string of the molecule is CCc1nn(CC)c(CC(N)c2cncc(Br)c2)c1Br. The highest BCUT2D eigenvalue weighted by Gasteiger charge is 2.17. The molecule has 0 aliphatic carbocycles. The minimum Gasteiger partial charge on any atom is -0.324 e. The van der Waals surface area contributed by atoms with Crippen molar-refractivity contribution in [2.45, 2.75) is 39.3 Å². The molecule has 4 nitrogen and oxygen atoms in total. The molecule has 1 atom stereocenters. The Morgan fingerprint density at radius 3 is 2.65 bits per heavy atom. The summed E-state index contributed by atoms with van der Waals surface area (Å²) in [5.74, 6) is 0. The first-order valence-electron chi connectivity index (χ1n) is 6.66. The summed E-state index contributed by atoms with van der Waals surface area (Å²) in [4.78, 5) is 4.17. The second-order valence-electron chi connectivity index (χ2n) is 4.62. The van der Waals surface area contributed by atoms with E-state index >= 15 is 0 Å². The van der Waals surface area contributed by atoms with Crippen LogP contribution in [0.4, 0.5) is 0 Å². The Bertz CT molecular complexity index is 595. The molecule has 2 rings (SSSR count). The smallest absolute Gasteiger partial charge is 0.0766 e. The van der Waals surface area contributed by atoms with Crippen molar-refractivity contribution in [3.63, 3.8) is 0 Å². The van der Waals surface area contributed by atoms with Gasteiger partial charge in [-0.25, -0.2) is 0 Å². The Morgan fingerprint density at radius 1 is 1.30 bits per heavy atom. The van der Waals surface area contributed by atoms with Crippen LogP contribution in [0.2, 0.25) is 0 Å². The third-order valence-corrected chi connectivity index (χ3v) is 4.61. The number of rotatable bonds is 5. The average Bonchev–Trinajstić information content (AvgIpc) is 2.75. The van der Waals surface area contributed by atoms with E-state index in [2.05, 4.69) is 55.8 Å². The van der Waals surface area contributed by atoms with Crippen LogP contribution < -0.4 is 5.73 Å². The van der Waals surface area contributed by atoms with Crippen LogP contribution in [0.15, 0.2) is 27.4 Å². The maximum Gasteiger partial charge on any atom is 0.0766 e. The number of halogens is 2. The molecule has 1 unspecified atom stereocenters. The van der Waals surface area contributed by atoms with E-state index in [0.29, 0.717) is 0 Å². The van der Waals surface area contributed by atoms with Crippen molar-refractivity contribution in [1.29, 1.82) is 0 Å². The number of nitrogens with zero attached hydrogens (tertiary/aromatic N) is 3. The Morgan fingerprint density at radius 2 is 2.05 bits per heavy atom. The van der Waals surface area contributed by atoms with Gasteiger partial charge in [0.15, 0.2) is 0 Å². The maximum absolute atomic E-state index is 6.32. The van der Waals surface area contributed by atoms with Gasteiger partial charge in [0.05, 0.1) is 15.9 Å². The molecule has 2 aromatic rings. The van der Waals surface area contributed by atoms with Crippen LogP contribution in [0.1, 0.15) is 36.8 Å². The van der Waals surface area contributed by atoms with E-state index in [0.717, 1.165) is 45.3 Å². The third-order valence-electron chi connectivity index (χ3n) is 3.26. The van der Waals surface area contributed by atoms with Gasteiger partial charge in [-0.15, -0.1) is 0 Å². The Labute approximate surface area is 136 Å². The summed E-state index contributed by atoms with van der Waals surface area (Å²) in [5, 5.41) is 4.60. The van der Waals surface area contributed by atoms with Gasteiger partial charge in [-0.2, -0.15) is 5.10 Å². The van der Waals surface area contributed by atoms with Gasteiger partial charge in [0.2, 0.25) is 0 Å². The minimum absolute atomic E-state index is 0.0944. The molecule has 6 heteroatoms. The topological polar surface area (TPSA) is 56.7 Å². The quantitative estimate of drug-likeness (QED) is 0.832.